The summed E-state index contributed by atoms with van der Waals surface area (Å²) in [5.41, 5.74) is 0.851. The first kappa shape index (κ1) is 22.7. The van der Waals surface area contributed by atoms with Crippen LogP contribution >= 0.6 is 0 Å². The Bertz CT molecular complexity index is 936. The van der Waals surface area contributed by atoms with E-state index in [2.05, 4.69) is 19.9 Å². The fourth-order valence-electron chi connectivity index (χ4n) is 2.54. The van der Waals surface area contributed by atoms with Crippen molar-refractivity contribution in [1.29, 1.82) is 0 Å². The molecule has 12 heteroatoms. The largest absolute Gasteiger partial charge is 0.573 e. The second kappa shape index (κ2) is 8.82. The van der Waals surface area contributed by atoms with Gasteiger partial charge in [-0.05, 0) is 44.9 Å². The number of hydrogen-bond acceptors (Lipinski definition) is 6. The van der Waals surface area contributed by atoms with Gasteiger partial charge in [0.05, 0.1) is 6.04 Å². The molecule has 0 spiro atoms. The highest BCUT2D eigenvalue weighted by molar-refractivity contribution is 7.89. The Kier molecular flexibility index (Phi) is 6.90. The number of ether oxygens (including phenoxy) is 1. The molecule has 0 aliphatic heterocycles. The molecule has 0 aliphatic rings. The average Bonchev–Trinajstić information content (AvgIpc) is 2.94. The minimum absolute atomic E-state index is 0.112. The second-order valence-electron chi connectivity index (χ2n) is 6.23. The minimum Gasteiger partial charge on any atom is -0.406 e. The summed E-state index contributed by atoms with van der Waals surface area (Å²) < 4.78 is 72.1. The molecule has 0 fully saturated rings. The molecule has 29 heavy (non-hydrogen) atoms. The molecule has 0 radical (unpaired) electrons. The van der Waals surface area contributed by atoms with E-state index in [1.165, 1.54) is 45.0 Å². The van der Waals surface area contributed by atoms with E-state index in [0.717, 1.165) is 0 Å². The zero-order chi connectivity index (χ0) is 21.8. The first-order valence-corrected chi connectivity index (χ1v) is 9.95. The summed E-state index contributed by atoms with van der Waals surface area (Å²) in [6.45, 7) is 4.47. The van der Waals surface area contributed by atoms with Crippen molar-refractivity contribution in [3.8, 4) is 5.75 Å². The molecule has 2 rings (SSSR count). The van der Waals surface area contributed by atoms with E-state index in [1.54, 1.807) is 0 Å². The highest BCUT2D eigenvalue weighted by atomic mass is 32.2. The topological polar surface area (TPSA) is 111 Å². The molecule has 8 nitrogen and oxygen atoms in total. The van der Waals surface area contributed by atoms with Gasteiger partial charge < -0.3 is 14.6 Å². The van der Waals surface area contributed by atoms with Gasteiger partial charge in [-0.1, -0.05) is 17.3 Å². The van der Waals surface area contributed by atoms with Crippen LogP contribution in [0.3, 0.4) is 0 Å². The molecule has 2 N–H and O–H groups in total. The Hall–Kier alpha value is -2.60. The Morgan fingerprint density at radius 2 is 1.86 bits per heavy atom. The normalized spacial score (nSPS) is 13.2. The number of aryl methyl sites for hydroxylation is 2. The van der Waals surface area contributed by atoms with Gasteiger partial charge in [0.1, 0.15) is 16.3 Å². The summed E-state index contributed by atoms with van der Waals surface area (Å²) >= 11 is 0. The van der Waals surface area contributed by atoms with E-state index in [0.29, 0.717) is 12.0 Å². The first-order valence-electron chi connectivity index (χ1n) is 8.46. The number of carbonyl (C=O) groups is 1. The molecule has 0 saturated heterocycles. The molecule has 160 valence electrons. The lowest BCUT2D eigenvalue weighted by molar-refractivity contribution is -0.274. The highest BCUT2D eigenvalue weighted by Gasteiger charge is 2.31. The van der Waals surface area contributed by atoms with E-state index in [9.17, 15) is 26.4 Å². The van der Waals surface area contributed by atoms with Crippen LogP contribution in [-0.2, 0) is 21.2 Å². The van der Waals surface area contributed by atoms with Gasteiger partial charge in [-0.3, -0.25) is 4.79 Å². The number of hydrogen-bond donors (Lipinski definition) is 2. The van der Waals surface area contributed by atoms with E-state index in [4.69, 9.17) is 4.52 Å². The molecule has 0 unspecified atom stereocenters. The monoisotopic (exact) mass is 435 g/mol. The van der Waals surface area contributed by atoms with Crippen molar-refractivity contribution in [1.82, 2.24) is 15.2 Å². The third-order valence-corrected chi connectivity index (χ3v) is 5.62. The van der Waals surface area contributed by atoms with Crippen LogP contribution in [0.25, 0.3) is 0 Å². The van der Waals surface area contributed by atoms with Gasteiger partial charge >= 0.3 is 6.36 Å². The van der Waals surface area contributed by atoms with Gasteiger partial charge in [-0.25, -0.2) is 8.42 Å². The fraction of sp³-hybridized carbons (Fsp3) is 0.412. The Morgan fingerprint density at radius 1 is 1.24 bits per heavy atom. The third-order valence-electron chi connectivity index (χ3n) is 3.83. The SMILES string of the molecule is Cc1noc(C)c1S(=O)(=O)N[C@@H](C)C(=O)NCCc1ccc(OC(F)(F)F)cc1. The number of aromatic nitrogens is 1. The molecular weight excluding hydrogens is 415 g/mol. The number of nitrogens with one attached hydrogen (secondary N) is 2. The lowest BCUT2D eigenvalue weighted by atomic mass is 10.1. The highest BCUT2D eigenvalue weighted by Crippen LogP contribution is 2.23. The second-order valence-corrected chi connectivity index (χ2v) is 7.88. The van der Waals surface area contributed by atoms with Crippen LogP contribution < -0.4 is 14.8 Å². The van der Waals surface area contributed by atoms with E-state index >= 15 is 0 Å². The van der Waals surface area contributed by atoms with Crippen LogP contribution in [-0.4, -0.2) is 38.4 Å². The van der Waals surface area contributed by atoms with Gasteiger partial charge in [-0.2, -0.15) is 4.72 Å². The third kappa shape index (κ3) is 6.46. The van der Waals surface area contributed by atoms with Crippen LogP contribution in [0.2, 0.25) is 0 Å². The number of rotatable bonds is 8. The quantitative estimate of drug-likeness (QED) is 0.658. The number of halogens is 3. The van der Waals surface area contributed by atoms with Crippen molar-refractivity contribution in [2.75, 3.05) is 6.54 Å². The van der Waals surface area contributed by atoms with Gasteiger partial charge in [0, 0.05) is 6.54 Å². The van der Waals surface area contributed by atoms with Crippen LogP contribution in [0.1, 0.15) is 23.9 Å². The van der Waals surface area contributed by atoms with Crippen LogP contribution in [0, 0.1) is 13.8 Å². The molecule has 0 saturated carbocycles. The van der Waals surface area contributed by atoms with Gasteiger partial charge in [-0.15, -0.1) is 13.2 Å². The van der Waals surface area contributed by atoms with E-state index in [-0.39, 0.29) is 28.6 Å². The fourth-order valence-corrected chi connectivity index (χ4v) is 4.08. The molecule has 2 aromatic rings. The molecule has 1 aromatic carbocycles. The van der Waals surface area contributed by atoms with Gasteiger partial charge in [0.25, 0.3) is 0 Å². The predicted octanol–water partition coefficient (Wildman–Crippen LogP) is 2.22. The molecule has 1 atom stereocenters. The smallest absolute Gasteiger partial charge is 0.406 e. The summed E-state index contributed by atoms with van der Waals surface area (Å²) in [6.07, 6.45) is -4.43. The van der Waals surface area contributed by atoms with Crippen molar-refractivity contribution in [2.24, 2.45) is 0 Å². The van der Waals surface area contributed by atoms with Gasteiger partial charge in [0.2, 0.25) is 15.9 Å². The summed E-state index contributed by atoms with van der Waals surface area (Å²) in [5.74, 6) is -0.787. The number of carbonyl (C=O) groups excluding carboxylic acids is 1. The first-order chi connectivity index (χ1) is 13.4. The minimum atomic E-state index is -4.76. The maximum Gasteiger partial charge on any atom is 0.573 e. The summed E-state index contributed by atoms with van der Waals surface area (Å²) in [5, 5.41) is 6.14. The maximum absolute atomic E-state index is 12.4. The Morgan fingerprint density at radius 3 is 2.38 bits per heavy atom. The average molecular weight is 435 g/mol. The molecule has 0 aliphatic carbocycles. The lowest BCUT2D eigenvalue weighted by Crippen LogP contribution is -2.45. The van der Waals surface area contributed by atoms with Crippen LogP contribution in [0.15, 0.2) is 33.7 Å². The van der Waals surface area contributed by atoms with Crippen LogP contribution in [0.5, 0.6) is 5.75 Å². The Balaban J connectivity index is 1.86. The number of amides is 1. The van der Waals surface area contributed by atoms with Crippen LogP contribution in [0.4, 0.5) is 13.2 Å². The van der Waals surface area contributed by atoms with E-state index < -0.39 is 28.3 Å². The number of sulfonamides is 1. The summed E-state index contributed by atoms with van der Waals surface area (Å²) in [4.78, 5) is 12.0. The van der Waals surface area contributed by atoms with Crippen molar-refractivity contribution < 1.29 is 35.6 Å². The zero-order valence-electron chi connectivity index (χ0n) is 15.8. The zero-order valence-corrected chi connectivity index (χ0v) is 16.6. The standard InChI is InChI=1S/C17H20F3N3O5S/c1-10-15(12(3)28-22-10)29(25,26)23-11(2)16(24)21-9-8-13-4-6-14(7-5-13)27-17(18,19)20/h4-7,11,23H,8-9H2,1-3H3,(H,21,24)/t11-/m0/s1. The molecule has 1 heterocycles. The van der Waals surface area contributed by atoms with E-state index in [1.807, 2.05) is 0 Å². The van der Waals surface area contributed by atoms with Crippen molar-refractivity contribution in [3.05, 3.63) is 41.3 Å². The summed E-state index contributed by atoms with van der Waals surface area (Å²) in [6, 6.07) is 4.17. The van der Waals surface area contributed by atoms with Crippen molar-refractivity contribution in [3.63, 3.8) is 0 Å². The molecule has 1 aromatic heterocycles. The maximum atomic E-state index is 12.4. The number of alkyl halides is 3. The molecule has 0 bridgehead atoms. The molecule has 1 amide bonds. The van der Waals surface area contributed by atoms with Crippen molar-refractivity contribution in [2.45, 2.75) is 44.5 Å². The lowest BCUT2D eigenvalue weighted by Gasteiger charge is -2.14. The summed E-state index contributed by atoms with van der Waals surface area (Å²) in [7, 11) is -3.99. The van der Waals surface area contributed by atoms with Crippen molar-refractivity contribution >= 4 is 15.9 Å². The number of nitrogens with zero attached hydrogens (tertiary/aromatic N) is 1. The predicted molar refractivity (Wildman–Crippen MR) is 95.6 cm³/mol. The Labute approximate surface area is 165 Å². The number of benzene rings is 1. The van der Waals surface area contributed by atoms with Gasteiger partial charge in [0.15, 0.2) is 5.76 Å². The molecular formula is C17H20F3N3O5S.